The number of nitrogens with one attached hydrogen (secondary N) is 1. The lowest BCUT2D eigenvalue weighted by atomic mass is 10.4. The van der Waals surface area contributed by atoms with Crippen molar-refractivity contribution in [1.82, 2.24) is 20.4 Å². The topological polar surface area (TPSA) is 63.6 Å². The van der Waals surface area contributed by atoms with E-state index in [0.29, 0.717) is 5.15 Å². The summed E-state index contributed by atoms with van der Waals surface area (Å²) in [6.45, 7) is 0. The fraction of sp³-hybridized carbons (Fsp3) is 0. The van der Waals surface area contributed by atoms with Crippen LogP contribution in [0.15, 0.2) is 28.4 Å². The maximum atomic E-state index is 5.92. The predicted octanol–water partition coefficient (Wildman–Crippen LogP) is 2.13. The fourth-order valence-electron chi connectivity index (χ4n) is 1.28. The van der Waals surface area contributed by atoms with Crippen molar-refractivity contribution in [3.05, 3.63) is 23.7 Å². The predicted molar refractivity (Wildman–Crippen MR) is 56.5 cm³/mol. The summed E-state index contributed by atoms with van der Waals surface area (Å²) in [5.41, 5.74) is 1.66. The molecule has 0 saturated carbocycles. The lowest BCUT2D eigenvalue weighted by Gasteiger charge is -2.18. The summed E-state index contributed by atoms with van der Waals surface area (Å²) in [4.78, 5) is 1.94. The van der Waals surface area contributed by atoms with Gasteiger partial charge in [0.05, 0.1) is 39.8 Å². The van der Waals surface area contributed by atoms with Gasteiger partial charge in [0.2, 0.25) is 0 Å². The van der Waals surface area contributed by atoms with Gasteiger partial charge in [-0.3, -0.25) is 0 Å². The number of hydrogen-bond acceptors (Lipinski definition) is 6. The third-order valence-corrected chi connectivity index (χ3v) is 3.29. The number of fused-ring (bicyclic) bond motifs is 2. The van der Waals surface area contributed by atoms with Crippen LogP contribution in [0.2, 0.25) is 5.15 Å². The van der Waals surface area contributed by atoms with E-state index >= 15 is 0 Å². The molecule has 2 aromatic heterocycles. The molecule has 0 spiro atoms. The van der Waals surface area contributed by atoms with E-state index in [1.807, 2.05) is 0 Å². The summed E-state index contributed by atoms with van der Waals surface area (Å²) >= 11 is 7.47. The first-order valence-electron chi connectivity index (χ1n) is 4.11. The van der Waals surface area contributed by atoms with Crippen LogP contribution in [0.25, 0.3) is 0 Å². The molecule has 7 heteroatoms. The zero-order chi connectivity index (χ0) is 10.3. The van der Waals surface area contributed by atoms with E-state index in [9.17, 15) is 0 Å². The summed E-state index contributed by atoms with van der Waals surface area (Å²) < 4.78 is 0. The van der Waals surface area contributed by atoms with Gasteiger partial charge in [-0.05, 0) is 0 Å². The zero-order valence-corrected chi connectivity index (χ0v) is 8.88. The van der Waals surface area contributed by atoms with Crippen LogP contribution in [-0.2, 0) is 0 Å². The molecule has 0 amide bonds. The lowest BCUT2D eigenvalue weighted by molar-refractivity contribution is 0.975. The number of anilines is 2. The number of halogens is 1. The van der Waals surface area contributed by atoms with Gasteiger partial charge >= 0.3 is 0 Å². The molecular weight excluding hydrogens is 234 g/mol. The smallest absolute Gasteiger partial charge is 0.176 e. The normalized spacial score (nSPS) is 12.6. The zero-order valence-electron chi connectivity index (χ0n) is 7.31. The Morgan fingerprint density at radius 1 is 1.07 bits per heavy atom. The van der Waals surface area contributed by atoms with Crippen LogP contribution in [-0.4, -0.2) is 20.4 Å². The Balaban J connectivity index is 2.15. The van der Waals surface area contributed by atoms with Gasteiger partial charge in [-0.25, -0.2) is 0 Å². The lowest BCUT2D eigenvalue weighted by Crippen LogP contribution is -2.03. The standard InChI is InChI=1S/C8H4ClN5S/c9-8-7-6(3-12-14-8)15-5-2-11-10-1-4(5)13-7/h1-3,13H. The summed E-state index contributed by atoms with van der Waals surface area (Å²) in [7, 11) is 0. The van der Waals surface area contributed by atoms with Gasteiger partial charge < -0.3 is 5.32 Å². The quantitative estimate of drug-likeness (QED) is 0.646. The summed E-state index contributed by atoms with van der Waals surface area (Å²) in [6, 6.07) is 0. The molecule has 3 heterocycles. The molecule has 1 aliphatic rings. The average molecular weight is 238 g/mol. The van der Waals surface area contributed by atoms with Gasteiger partial charge in [0.15, 0.2) is 5.15 Å². The highest BCUT2D eigenvalue weighted by Crippen LogP contribution is 2.44. The molecular formula is C8H4ClN5S. The van der Waals surface area contributed by atoms with Crippen molar-refractivity contribution in [1.29, 1.82) is 0 Å². The Hall–Kier alpha value is -1.40. The number of rotatable bonds is 0. The van der Waals surface area contributed by atoms with Crippen LogP contribution < -0.4 is 5.32 Å². The molecule has 0 aromatic carbocycles. The highest BCUT2D eigenvalue weighted by Gasteiger charge is 2.19. The Labute approximate surface area is 94.3 Å². The van der Waals surface area contributed by atoms with Crippen LogP contribution in [0.4, 0.5) is 11.4 Å². The Morgan fingerprint density at radius 3 is 2.80 bits per heavy atom. The molecule has 5 nitrogen and oxygen atoms in total. The minimum Gasteiger partial charge on any atom is -0.350 e. The van der Waals surface area contributed by atoms with E-state index in [1.54, 1.807) is 30.4 Å². The molecule has 0 aliphatic carbocycles. The van der Waals surface area contributed by atoms with Crippen molar-refractivity contribution in [2.45, 2.75) is 9.79 Å². The first kappa shape index (κ1) is 8.87. The van der Waals surface area contributed by atoms with E-state index in [-0.39, 0.29) is 0 Å². The van der Waals surface area contributed by atoms with Crippen LogP contribution in [0.3, 0.4) is 0 Å². The third kappa shape index (κ3) is 1.42. The van der Waals surface area contributed by atoms with E-state index in [4.69, 9.17) is 11.6 Å². The van der Waals surface area contributed by atoms with Crippen molar-refractivity contribution in [2.75, 3.05) is 5.32 Å². The molecule has 74 valence electrons. The minimum absolute atomic E-state index is 0.363. The van der Waals surface area contributed by atoms with Crippen molar-refractivity contribution in [3.63, 3.8) is 0 Å². The fourth-order valence-corrected chi connectivity index (χ4v) is 2.43. The highest BCUT2D eigenvalue weighted by atomic mass is 35.5. The van der Waals surface area contributed by atoms with Gasteiger partial charge in [-0.1, -0.05) is 23.4 Å². The monoisotopic (exact) mass is 237 g/mol. The number of nitrogens with zero attached hydrogens (tertiary/aromatic N) is 4. The van der Waals surface area contributed by atoms with Crippen molar-refractivity contribution in [2.24, 2.45) is 0 Å². The maximum Gasteiger partial charge on any atom is 0.176 e. The molecule has 1 aliphatic heterocycles. The van der Waals surface area contributed by atoms with Gasteiger partial charge in [0, 0.05) is 0 Å². The van der Waals surface area contributed by atoms with Crippen LogP contribution in [0.5, 0.6) is 0 Å². The van der Waals surface area contributed by atoms with E-state index in [1.165, 1.54) is 0 Å². The number of hydrogen-bond donors (Lipinski definition) is 1. The van der Waals surface area contributed by atoms with E-state index in [0.717, 1.165) is 21.2 Å². The van der Waals surface area contributed by atoms with Crippen molar-refractivity contribution in [3.8, 4) is 0 Å². The van der Waals surface area contributed by atoms with Crippen molar-refractivity contribution < 1.29 is 0 Å². The second-order valence-electron chi connectivity index (χ2n) is 2.87. The van der Waals surface area contributed by atoms with Crippen LogP contribution in [0, 0.1) is 0 Å². The first-order valence-corrected chi connectivity index (χ1v) is 5.31. The molecule has 0 radical (unpaired) electrons. The summed E-state index contributed by atoms with van der Waals surface area (Å²) in [5.74, 6) is 0. The van der Waals surface area contributed by atoms with Crippen LogP contribution in [0.1, 0.15) is 0 Å². The van der Waals surface area contributed by atoms with Gasteiger partial charge in [-0.15, -0.1) is 5.10 Å². The molecule has 2 aromatic rings. The minimum atomic E-state index is 0.363. The SMILES string of the molecule is Clc1nncc2c1Nc1cnncc1S2. The number of aromatic nitrogens is 4. The molecule has 1 N–H and O–H groups in total. The molecule has 0 fully saturated rings. The Kier molecular flexibility index (Phi) is 1.96. The molecule has 15 heavy (non-hydrogen) atoms. The highest BCUT2D eigenvalue weighted by molar-refractivity contribution is 7.99. The molecule has 0 bridgehead atoms. The third-order valence-electron chi connectivity index (χ3n) is 1.95. The van der Waals surface area contributed by atoms with Crippen molar-refractivity contribution >= 4 is 34.7 Å². The summed E-state index contributed by atoms with van der Waals surface area (Å²) in [6.07, 6.45) is 5.02. The van der Waals surface area contributed by atoms with E-state index < -0.39 is 0 Å². The second-order valence-corrected chi connectivity index (χ2v) is 4.31. The van der Waals surface area contributed by atoms with Crippen LogP contribution >= 0.6 is 23.4 Å². The largest absolute Gasteiger partial charge is 0.350 e. The van der Waals surface area contributed by atoms with Gasteiger partial charge in [0.25, 0.3) is 0 Å². The maximum absolute atomic E-state index is 5.92. The van der Waals surface area contributed by atoms with Gasteiger partial charge in [-0.2, -0.15) is 15.3 Å². The molecule has 0 saturated heterocycles. The average Bonchev–Trinajstić information content (AvgIpc) is 2.27. The Bertz CT molecular complexity index is 532. The first-order chi connectivity index (χ1) is 7.34. The van der Waals surface area contributed by atoms with E-state index in [2.05, 4.69) is 25.7 Å². The molecule has 3 rings (SSSR count). The van der Waals surface area contributed by atoms with Gasteiger partial charge in [0.1, 0.15) is 0 Å². The molecule has 0 atom stereocenters. The Morgan fingerprint density at radius 2 is 1.87 bits per heavy atom. The summed E-state index contributed by atoms with van der Waals surface area (Å²) in [5, 5.41) is 18.7. The molecule has 0 unspecified atom stereocenters. The second kappa shape index (κ2) is 3.32.